The van der Waals surface area contributed by atoms with E-state index in [9.17, 15) is 19.2 Å². The molecule has 8 aromatic heterocycles. The van der Waals surface area contributed by atoms with Crippen LogP contribution in [0.4, 0.5) is 0 Å². The fraction of sp³-hybridized carbons (Fsp3) is 0.217. The number of benzene rings is 14. The highest BCUT2D eigenvalue weighted by atomic mass is 16.1. The second-order valence-corrected chi connectivity index (χ2v) is 25.4. The maximum atomic E-state index is 14.0. The van der Waals surface area contributed by atoms with Gasteiger partial charge in [-0.25, -0.2) is 19.9 Å². The molecule has 0 saturated carbocycles. The van der Waals surface area contributed by atoms with E-state index in [0.29, 0.717) is 44.1 Å². The van der Waals surface area contributed by atoms with E-state index >= 15 is 0 Å². The van der Waals surface area contributed by atoms with Gasteiger partial charge in [0.1, 0.15) is 22.6 Å². The predicted molar refractivity (Wildman–Crippen MR) is 458 cm³/mol. The molecule has 0 unspecified atom stereocenters. The fourth-order valence-electron chi connectivity index (χ4n) is 15.4. The molecule has 8 heterocycles. The molecule has 22 aromatic rings. The van der Waals surface area contributed by atoms with Gasteiger partial charge in [-0.2, -0.15) is 0 Å². The largest absolute Gasteiger partial charge is 0.268 e. The van der Waals surface area contributed by atoms with E-state index in [4.69, 9.17) is 19.9 Å². The monoisotopic (exact) mass is 1380 g/mol. The SMILES string of the molecule is C.C.C.C.C.C.C.C.CCC.CCC.CCC.CCC.O=c1c2ccc3c4ccc5c(=O)n6c7ccccc7nc6c6ccc(c7ccc(c2c37)c2nc3ccccc3n12)c4c56.O=c1c2ccc3c4ccc5c6c(ccc(c7ccc(c2c37)c2nc3ccccc3n12)c46)c(=O)n1c2ccccc2nc51. The lowest BCUT2D eigenvalue weighted by Gasteiger charge is -2.18. The number of para-hydroxylation sites is 8. The Bertz CT molecular complexity index is 6270. The van der Waals surface area contributed by atoms with E-state index in [2.05, 4.69) is 128 Å². The van der Waals surface area contributed by atoms with Gasteiger partial charge in [0.05, 0.1) is 44.1 Å². The van der Waals surface area contributed by atoms with Crippen LogP contribution < -0.4 is 22.2 Å². The van der Waals surface area contributed by atoms with Gasteiger partial charge in [-0.05, 0) is 162 Å². The third kappa shape index (κ3) is 10.3. The average molecular weight is 1380 g/mol. The quantitative estimate of drug-likeness (QED) is 0.108. The predicted octanol–water partition coefficient (Wildman–Crippen LogP) is 25.2. The summed E-state index contributed by atoms with van der Waals surface area (Å²) in [5.74, 6) is 0. The van der Waals surface area contributed by atoms with Crippen LogP contribution in [0.1, 0.15) is 140 Å². The van der Waals surface area contributed by atoms with Crippen LogP contribution in [0.5, 0.6) is 0 Å². The topological polar surface area (TPSA) is 137 Å². The number of hydrogen-bond acceptors (Lipinski definition) is 8. The molecule has 12 nitrogen and oxygen atoms in total. The van der Waals surface area contributed by atoms with Crippen molar-refractivity contribution in [1.82, 2.24) is 37.5 Å². The highest BCUT2D eigenvalue weighted by molar-refractivity contribution is 6.42. The average Bonchev–Trinajstić information content (AvgIpc) is 1.07. The van der Waals surface area contributed by atoms with Crippen LogP contribution in [0.2, 0.25) is 0 Å². The van der Waals surface area contributed by atoms with Crippen molar-refractivity contribution < 1.29 is 0 Å². The molecule has 0 spiro atoms. The van der Waals surface area contributed by atoms with Crippen molar-refractivity contribution in [2.75, 3.05) is 0 Å². The minimum absolute atomic E-state index is 0. The summed E-state index contributed by atoms with van der Waals surface area (Å²) in [5.41, 5.74) is 8.96. The number of aromatic nitrogens is 8. The van der Waals surface area contributed by atoms with Crippen molar-refractivity contribution in [3.05, 3.63) is 236 Å². The zero-order chi connectivity index (χ0) is 65.7. The molecule has 14 aromatic carbocycles. The molecule has 0 radical (unpaired) electrons. The zero-order valence-electron chi connectivity index (χ0n) is 54.5. The molecule has 0 amide bonds. The van der Waals surface area contributed by atoms with Crippen molar-refractivity contribution in [3.63, 3.8) is 0 Å². The normalized spacial score (nSPS) is 11.2. The number of hydrogen-bond donors (Lipinski definition) is 0. The van der Waals surface area contributed by atoms with Gasteiger partial charge < -0.3 is 0 Å². The van der Waals surface area contributed by atoms with Crippen LogP contribution in [0.15, 0.2) is 213 Å². The summed E-state index contributed by atoms with van der Waals surface area (Å²) in [5, 5.41) is 23.0. The van der Waals surface area contributed by atoms with Crippen molar-refractivity contribution in [2.45, 2.75) is 140 Å². The standard InChI is InChI=1S/2C36H16N4O2.4C3H8.8CH4/c41-35-23-15-11-19-18-10-14-22-32-24(36(42)40-28-8-4-2-6-26(28)38-34(22)40)16-12-20(30(18)32)17-9-13-21(31(23)29(17)19)33-37-25-5-1-3-7-27(25)39(33)35;41-35-23-15-11-19-20-12-16-24-32-22(34-38-26-6-2-4-8-28(26)40(34)36(24)42)14-10-18(30(20)32)17-9-13-21(31(23)29(17)19)33-37-25-5-1-3-7-27(25)39(33)35;4*1-3-2;;;;;;;;/h2*1-16H;4*3H2,1-2H3;8*1H4. The summed E-state index contributed by atoms with van der Waals surface area (Å²) in [7, 11) is 0. The second kappa shape index (κ2) is 28.9. The molecule has 12 heteroatoms. The summed E-state index contributed by atoms with van der Waals surface area (Å²) in [4.78, 5) is 75.5. The van der Waals surface area contributed by atoms with Crippen LogP contribution in [0.3, 0.4) is 0 Å². The number of pyridine rings is 4. The van der Waals surface area contributed by atoms with Gasteiger partial charge in [0.2, 0.25) is 0 Å². The molecule has 0 aliphatic carbocycles. The highest BCUT2D eigenvalue weighted by Crippen LogP contribution is 2.48. The van der Waals surface area contributed by atoms with Crippen molar-refractivity contribution in [1.29, 1.82) is 0 Å². The minimum atomic E-state index is -0.0598. The van der Waals surface area contributed by atoms with Gasteiger partial charge in [0.15, 0.2) is 0 Å². The van der Waals surface area contributed by atoms with Gasteiger partial charge in [0.25, 0.3) is 22.2 Å². The van der Waals surface area contributed by atoms with E-state index in [-0.39, 0.29) is 81.7 Å². The lowest BCUT2D eigenvalue weighted by atomic mass is 9.86. The first-order valence-corrected chi connectivity index (χ1v) is 33.5. The number of imidazole rings is 4. The third-order valence-electron chi connectivity index (χ3n) is 18.7. The molecule has 0 fully saturated rings. The number of rotatable bonds is 0. The lowest BCUT2D eigenvalue weighted by Crippen LogP contribution is -2.14. The Hall–Kier alpha value is -11.8. The Kier molecular flexibility index (Phi) is 21.3. The molecule has 104 heavy (non-hydrogen) atoms. The van der Waals surface area contributed by atoms with Gasteiger partial charge >= 0.3 is 0 Å². The Morgan fingerprint density at radius 1 is 0.202 bits per heavy atom. The highest BCUT2D eigenvalue weighted by Gasteiger charge is 2.27. The van der Waals surface area contributed by atoms with Gasteiger partial charge in [0, 0.05) is 64.6 Å². The first-order chi connectivity index (χ1) is 47.0. The van der Waals surface area contributed by atoms with Gasteiger partial charge in [-0.15, -0.1) is 0 Å². The maximum absolute atomic E-state index is 14.0. The molecular weight excluding hydrogens is 1280 g/mol. The number of fused-ring (bicyclic) bond motifs is 20. The molecule has 0 aliphatic rings. The Morgan fingerprint density at radius 2 is 0.337 bits per heavy atom. The minimum Gasteiger partial charge on any atom is -0.268 e. The van der Waals surface area contributed by atoms with Crippen LogP contribution in [0, 0.1) is 0 Å². The van der Waals surface area contributed by atoms with Crippen LogP contribution in [0.25, 0.3) is 196 Å². The van der Waals surface area contributed by atoms with E-state index in [1.165, 1.54) is 25.7 Å². The van der Waals surface area contributed by atoms with E-state index < -0.39 is 0 Å². The van der Waals surface area contributed by atoms with E-state index in [0.717, 1.165) is 152 Å². The van der Waals surface area contributed by atoms with Crippen molar-refractivity contribution >= 4 is 196 Å². The summed E-state index contributed by atoms with van der Waals surface area (Å²) < 4.78 is 6.98. The van der Waals surface area contributed by atoms with Crippen molar-refractivity contribution in [2.24, 2.45) is 0 Å². The molecule has 0 saturated heterocycles. The Labute approximate surface area is 606 Å². The molecular formula is C92H96N8O4. The molecule has 0 aliphatic heterocycles. The Morgan fingerprint density at radius 3 is 0.510 bits per heavy atom. The molecule has 528 valence electrons. The van der Waals surface area contributed by atoms with E-state index in [1.807, 2.05) is 121 Å². The summed E-state index contributed by atoms with van der Waals surface area (Å²) in [6.45, 7) is 17.0. The fourth-order valence-corrected chi connectivity index (χ4v) is 15.4. The summed E-state index contributed by atoms with van der Waals surface area (Å²) in [6.07, 6.45) is 5.00. The summed E-state index contributed by atoms with van der Waals surface area (Å²) in [6, 6.07) is 64.2. The van der Waals surface area contributed by atoms with Crippen LogP contribution in [-0.2, 0) is 0 Å². The van der Waals surface area contributed by atoms with Gasteiger partial charge in [-0.3, -0.25) is 36.8 Å². The van der Waals surface area contributed by atoms with E-state index in [1.54, 1.807) is 17.6 Å². The third-order valence-corrected chi connectivity index (χ3v) is 18.7. The van der Waals surface area contributed by atoms with Crippen LogP contribution in [-0.4, -0.2) is 37.5 Å². The number of nitrogens with zero attached hydrogens (tertiary/aromatic N) is 8. The zero-order valence-corrected chi connectivity index (χ0v) is 54.5. The first-order valence-electron chi connectivity index (χ1n) is 33.5. The smallest absolute Gasteiger partial charge is 0.264 e. The van der Waals surface area contributed by atoms with Crippen molar-refractivity contribution in [3.8, 4) is 0 Å². The molecule has 0 bridgehead atoms. The summed E-state index contributed by atoms with van der Waals surface area (Å²) >= 11 is 0. The van der Waals surface area contributed by atoms with Crippen LogP contribution >= 0.6 is 0 Å². The molecule has 0 atom stereocenters. The molecule has 0 N–H and O–H groups in total. The Balaban J connectivity index is 0.000000197. The lowest BCUT2D eigenvalue weighted by molar-refractivity contribution is 1.09. The van der Waals surface area contributed by atoms with Gasteiger partial charge in [-0.1, -0.05) is 238 Å². The second-order valence-electron chi connectivity index (χ2n) is 25.4. The first kappa shape index (κ1) is 76.4. The molecule has 22 rings (SSSR count). The maximum Gasteiger partial charge on any atom is 0.264 e.